The summed E-state index contributed by atoms with van der Waals surface area (Å²) in [6.07, 6.45) is 7.42. The summed E-state index contributed by atoms with van der Waals surface area (Å²) < 4.78 is 0. The molecule has 0 aliphatic heterocycles. The molecule has 17 heavy (non-hydrogen) atoms. The minimum absolute atomic E-state index is 0.544. The SMILES string of the molecule is CNc1nc(NC)nc(NCC2=CCC=C2)n1. The predicted molar refractivity (Wildman–Crippen MR) is 69.3 cm³/mol. The van der Waals surface area contributed by atoms with Gasteiger partial charge in [-0.3, -0.25) is 0 Å². The Labute approximate surface area is 100 Å². The van der Waals surface area contributed by atoms with E-state index in [1.807, 2.05) is 0 Å². The third-order valence-corrected chi connectivity index (χ3v) is 2.38. The first-order valence-electron chi connectivity index (χ1n) is 5.53. The summed E-state index contributed by atoms with van der Waals surface area (Å²) in [5, 5.41) is 8.97. The second kappa shape index (κ2) is 5.29. The van der Waals surface area contributed by atoms with Gasteiger partial charge in [-0.1, -0.05) is 18.2 Å². The zero-order valence-electron chi connectivity index (χ0n) is 9.99. The number of hydrogen-bond donors (Lipinski definition) is 3. The Morgan fingerprint density at radius 3 is 2.24 bits per heavy atom. The van der Waals surface area contributed by atoms with Gasteiger partial charge in [-0.2, -0.15) is 15.0 Å². The average Bonchev–Trinajstić information content (AvgIpc) is 2.89. The van der Waals surface area contributed by atoms with Crippen molar-refractivity contribution < 1.29 is 0 Å². The van der Waals surface area contributed by atoms with Crippen LogP contribution in [-0.2, 0) is 0 Å². The van der Waals surface area contributed by atoms with Crippen molar-refractivity contribution in [2.75, 3.05) is 36.6 Å². The summed E-state index contributed by atoms with van der Waals surface area (Å²) in [6.45, 7) is 0.729. The molecular formula is C11H16N6. The number of nitrogens with one attached hydrogen (secondary N) is 3. The fraction of sp³-hybridized carbons (Fsp3) is 0.364. The van der Waals surface area contributed by atoms with Crippen molar-refractivity contribution in [3.8, 4) is 0 Å². The van der Waals surface area contributed by atoms with Gasteiger partial charge in [-0.15, -0.1) is 0 Å². The predicted octanol–water partition coefficient (Wildman–Crippen LogP) is 1.25. The molecule has 2 rings (SSSR count). The van der Waals surface area contributed by atoms with Crippen molar-refractivity contribution in [3.63, 3.8) is 0 Å². The van der Waals surface area contributed by atoms with Crippen molar-refractivity contribution >= 4 is 17.8 Å². The van der Waals surface area contributed by atoms with Gasteiger partial charge in [-0.05, 0) is 12.0 Å². The first kappa shape index (κ1) is 11.4. The Morgan fingerprint density at radius 2 is 1.71 bits per heavy atom. The lowest BCUT2D eigenvalue weighted by atomic mass is 10.3. The van der Waals surface area contributed by atoms with Gasteiger partial charge in [0.15, 0.2) is 0 Å². The summed E-state index contributed by atoms with van der Waals surface area (Å²) in [7, 11) is 3.56. The number of nitrogens with zero attached hydrogens (tertiary/aromatic N) is 3. The molecule has 0 aromatic carbocycles. The van der Waals surface area contributed by atoms with E-state index in [9.17, 15) is 0 Å². The van der Waals surface area contributed by atoms with Crippen LogP contribution in [0.1, 0.15) is 6.42 Å². The lowest BCUT2D eigenvalue weighted by molar-refractivity contribution is 1.03. The first-order chi connectivity index (χ1) is 8.31. The van der Waals surface area contributed by atoms with Crippen molar-refractivity contribution in [1.82, 2.24) is 15.0 Å². The Hall–Kier alpha value is -2.11. The topological polar surface area (TPSA) is 74.8 Å². The standard InChI is InChI=1S/C11H16N6/c1-12-9-15-10(13-2)17-11(16-9)14-7-8-5-3-4-6-8/h3,5-6H,4,7H2,1-2H3,(H3,12,13,14,15,16,17). The second-order valence-corrected chi connectivity index (χ2v) is 3.58. The highest BCUT2D eigenvalue weighted by Gasteiger charge is 2.04. The van der Waals surface area contributed by atoms with E-state index < -0.39 is 0 Å². The van der Waals surface area contributed by atoms with Gasteiger partial charge in [0.05, 0.1) is 0 Å². The Bertz CT molecular complexity index is 429. The van der Waals surface area contributed by atoms with Crippen LogP contribution in [0.2, 0.25) is 0 Å². The van der Waals surface area contributed by atoms with E-state index in [-0.39, 0.29) is 0 Å². The smallest absolute Gasteiger partial charge is 0.229 e. The third kappa shape index (κ3) is 2.93. The largest absolute Gasteiger partial charge is 0.357 e. The Balaban J connectivity index is 2.06. The van der Waals surface area contributed by atoms with Crippen LogP contribution in [-0.4, -0.2) is 35.6 Å². The van der Waals surface area contributed by atoms with Crippen molar-refractivity contribution in [2.24, 2.45) is 0 Å². The summed E-state index contributed by atoms with van der Waals surface area (Å²) in [6, 6.07) is 0. The highest BCUT2D eigenvalue weighted by Crippen LogP contribution is 2.11. The van der Waals surface area contributed by atoms with Crippen LogP contribution in [0.4, 0.5) is 17.8 Å². The Morgan fingerprint density at radius 1 is 1.06 bits per heavy atom. The highest BCUT2D eigenvalue weighted by atomic mass is 15.3. The van der Waals surface area contributed by atoms with Gasteiger partial charge >= 0.3 is 0 Å². The highest BCUT2D eigenvalue weighted by molar-refractivity contribution is 5.43. The van der Waals surface area contributed by atoms with Crippen LogP contribution >= 0.6 is 0 Å². The maximum Gasteiger partial charge on any atom is 0.229 e. The molecule has 3 N–H and O–H groups in total. The van der Waals surface area contributed by atoms with Gasteiger partial charge in [-0.25, -0.2) is 0 Å². The molecule has 0 fully saturated rings. The molecule has 0 radical (unpaired) electrons. The van der Waals surface area contributed by atoms with Crippen LogP contribution in [0.3, 0.4) is 0 Å². The van der Waals surface area contributed by atoms with E-state index in [0.717, 1.165) is 13.0 Å². The van der Waals surface area contributed by atoms with E-state index in [1.54, 1.807) is 14.1 Å². The van der Waals surface area contributed by atoms with Crippen molar-refractivity contribution in [3.05, 3.63) is 23.8 Å². The maximum absolute atomic E-state index is 4.23. The molecule has 1 aromatic rings. The number of rotatable bonds is 5. The van der Waals surface area contributed by atoms with Crippen molar-refractivity contribution in [2.45, 2.75) is 6.42 Å². The molecule has 0 saturated carbocycles. The number of allylic oxidation sites excluding steroid dienone is 2. The quantitative estimate of drug-likeness (QED) is 0.709. The molecule has 0 saturated heterocycles. The first-order valence-corrected chi connectivity index (χ1v) is 5.53. The van der Waals surface area contributed by atoms with Crippen LogP contribution in [0.5, 0.6) is 0 Å². The minimum Gasteiger partial charge on any atom is -0.357 e. The summed E-state index contributed by atoms with van der Waals surface area (Å²) >= 11 is 0. The van der Waals surface area contributed by atoms with Gasteiger partial charge in [0.25, 0.3) is 0 Å². The molecular weight excluding hydrogens is 216 g/mol. The van der Waals surface area contributed by atoms with Gasteiger partial charge in [0.1, 0.15) is 0 Å². The van der Waals surface area contributed by atoms with Crippen LogP contribution < -0.4 is 16.0 Å². The molecule has 0 bridgehead atoms. The molecule has 6 heteroatoms. The normalized spacial score (nSPS) is 13.4. The molecule has 0 spiro atoms. The molecule has 1 heterocycles. The summed E-state index contributed by atoms with van der Waals surface area (Å²) in [4.78, 5) is 12.6. The van der Waals surface area contributed by atoms with Crippen LogP contribution in [0.25, 0.3) is 0 Å². The number of aromatic nitrogens is 3. The number of hydrogen-bond acceptors (Lipinski definition) is 6. The van der Waals surface area contributed by atoms with E-state index in [0.29, 0.717) is 17.8 Å². The van der Waals surface area contributed by atoms with E-state index in [2.05, 4.69) is 49.1 Å². The zero-order chi connectivity index (χ0) is 12.1. The Kier molecular flexibility index (Phi) is 3.54. The lowest BCUT2D eigenvalue weighted by Crippen LogP contribution is -2.11. The zero-order valence-corrected chi connectivity index (χ0v) is 9.99. The average molecular weight is 232 g/mol. The fourth-order valence-corrected chi connectivity index (χ4v) is 1.50. The fourth-order valence-electron chi connectivity index (χ4n) is 1.50. The molecule has 1 aliphatic carbocycles. The van der Waals surface area contributed by atoms with Gasteiger partial charge in [0.2, 0.25) is 17.8 Å². The van der Waals surface area contributed by atoms with Crippen LogP contribution in [0.15, 0.2) is 23.8 Å². The molecule has 1 aromatic heterocycles. The summed E-state index contributed by atoms with van der Waals surface area (Å²) in [5.41, 5.74) is 1.25. The van der Waals surface area contributed by atoms with E-state index in [4.69, 9.17) is 0 Å². The van der Waals surface area contributed by atoms with Gasteiger partial charge < -0.3 is 16.0 Å². The third-order valence-electron chi connectivity index (χ3n) is 2.38. The molecule has 6 nitrogen and oxygen atoms in total. The van der Waals surface area contributed by atoms with Crippen LogP contribution in [0, 0.1) is 0 Å². The summed E-state index contributed by atoms with van der Waals surface area (Å²) in [5.74, 6) is 1.65. The molecule has 1 aliphatic rings. The van der Waals surface area contributed by atoms with E-state index >= 15 is 0 Å². The minimum atomic E-state index is 0.544. The lowest BCUT2D eigenvalue weighted by Gasteiger charge is -2.08. The molecule has 0 atom stereocenters. The molecule has 0 amide bonds. The number of anilines is 3. The van der Waals surface area contributed by atoms with E-state index in [1.165, 1.54) is 5.57 Å². The maximum atomic E-state index is 4.23. The molecule has 90 valence electrons. The second-order valence-electron chi connectivity index (χ2n) is 3.58. The van der Waals surface area contributed by atoms with Crippen molar-refractivity contribution in [1.29, 1.82) is 0 Å². The molecule has 0 unspecified atom stereocenters. The monoisotopic (exact) mass is 232 g/mol. The van der Waals surface area contributed by atoms with Gasteiger partial charge in [0, 0.05) is 20.6 Å².